The number of hydrogen-bond donors (Lipinski definition) is 1. The number of sulfonamides is 1. The Morgan fingerprint density at radius 3 is 2.35 bits per heavy atom. The third-order valence-corrected chi connectivity index (χ3v) is 4.47. The second kappa shape index (κ2) is 8.13. The molecule has 140 valence electrons. The van der Waals surface area contributed by atoms with Crippen molar-refractivity contribution >= 4 is 27.3 Å². The van der Waals surface area contributed by atoms with Crippen LogP contribution in [0.25, 0.3) is 0 Å². The summed E-state index contributed by atoms with van der Waals surface area (Å²) in [7, 11) is -3.83. The van der Waals surface area contributed by atoms with Crippen LogP contribution in [0.4, 0.5) is 20.2 Å². The lowest BCUT2D eigenvalue weighted by atomic mass is 10.2. The molecule has 0 aromatic heterocycles. The first kappa shape index (κ1) is 19.6. The maximum Gasteiger partial charge on any atom is 0.245 e. The number of rotatable bonds is 7. The van der Waals surface area contributed by atoms with Crippen LogP contribution >= 0.6 is 0 Å². The van der Waals surface area contributed by atoms with Crippen LogP contribution in [0.2, 0.25) is 0 Å². The fourth-order valence-electron chi connectivity index (χ4n) is 2.22. The lowest BCUT2D eigenvalue weighted by Gasteiger charge is -2.22. The van der Waals surface area contributed by atoms with E-state index in [-0.39, 0.29) is 5.69 Å². The minimum absolute atomic E-state index is 0.197. The molecule has 0 spiro atoms. The molecule has 0 aliphatic carbocycles. The summed E-state index contributed by atoms with van der Waals surface area (Å²) in [5.74, 6) is -2.37. The van der Waals surface area contributed by atoms with Gasteiger partial charge in [0.05, 0.1) is 18.6 Å². The molecule has 0 aliphatic heterocycles. The number of para-hydroxylation sites is 1. The molecule has 0 unspecified atom stereocenters. The van der Waals surface area contributed by atoms with Crippen LogP contribution in [0.3, 0.4) is 0 Å². The fraction of sp³-hybridized carbons (Fsp3) is 0.235. The molecule has 1 N–H and O–H groups in total. The molecule has 2 aromatic carbocycles. The molecule has 0 fully saturated rings. The normalized spacial score (nSPS) is 11.1. The van der Waals surface area contributed by atoms with E-state index in [1.54, 1.807) is 19.1 Å². The largest absolute Gasteiger partial charge is 0.494 e. The number of nitrogens with one attached hydrogen (secondary N) is 1. The quantitative estimate of drug-likeness (QED) is 0.797. The maximum atomic E-state index is 13.6. The van der Waals surface area contributed by atoms with Gasteiger partial charge in [-0.2, -0.15) is 0 Å². The van der Waals surface area contributed by atoms with Crippen molar-refractivity contribution < 1.29 is 26.7 Å². The third-order valence-electron chi connectivity index (χ3n) is 3.33. The second-order valence-corrected chi connectivity index (χ2v) is 7.25. The van der Waals surface area contributed by atoms with E-state index in [1.165, 1.54) is 12.1 Å². The second-order valence-electron chi connectivity index (χ2n) is 5.34. The highest BCUT2D eigenvalue weighted by Gasteiger charge is 2.22. The summed E-state index contributed by atoms with van der Waals surface area (Å²) in [4.78, 5) is 12.2. The van der Waals surface area contributed by atoms with Crippen molar-refractivity contribution in [3.05, 3.63) is 54.1 Å². The Bertz CT molecular complexity index is 883. The summed E-state index contributed by atoms with van der Waals surface area (Å²) in [6, 6.07) is 9.29. The Balaban J connectivity index is 2.26. The van der Waals surface area contributed by atoms with Crippen molar-refractivity contribution in [3.63, 3.8) is 0 Å². The summed E-state index contributed by atoms with van der Waals surface area (Å²) < 4.78 is 57.6. The number of ether oxygens (including phenoxy) is 1. The molecule has 0 saturated carbocycles. The van der Waals surface area contributed by atoms with Crippen LogP contribution in [-0.2, 0) is 14.8 Å². The Labute approximate surface area is 150 Å². The van der Waals surface area contributed by atoms with Crippen LogP contribution in [-0.4, -0.2) is 33.7 Å². The molecule has 1 amide bonds. The highest BCUT2D eigenvalue weighted by molar-refractivity contribution is 7.92. The Kier molecular flexibility index (Phi) is 6.14. The monoisotopic (exact) mass is 384 g/mol. The van der Waals surface area contributed by atoms with Crippen LogP contribution < -0.4 is 14.4 Å². The predicted octanol–water partition coefficient (Wildman–Crippen LogP) is 2.77. The van der Waals surface area contributed by atoms with Gasteiger partial charge in [-0.05, 0) is 31.2 Å². The number of carbonyl (C=O) groups excluding carboxylic acids is 1. The van der Waals surface area contributed by atoms with E-state index in [4.69, 9.17) is 4.74 Å². The molecular formula is C17H18F2N2O4S. The van der Waals surface area contributed by atoms with Crippen molar-refractivity contribution in [1.29, 1.82) is 0 Å². The van der Waals surface area contributed by atoms with Gasteiger partial charge in [0.25, 0.3) is 0 Å². The number of carbonyl (C=O) groups is 1. The van der Waals surface area contributed by atoms with Gasteiger partial charge >= 0.3 is 0 Å². The van der Waals surface area contributed by atoms with E-state index >= 15 is 0 Å². The van der Waals surface area contributed by atoms with E-state index in [0.29, 0.717) is 12.4 Å². The summed E-state index contributed by atoms with van der Waals surface area (Å²) in [6.45, 7) is 1.51. The van der Waals surface area contributed by atoms with Gasteiger partial charge in [-0.15, -0.1) is 0 Å². The number of anilines is 2. The average molecular weight is 384 g/mol. The summed E-state index contributed by atoms with van der Waals surface area (Å²) >= 11 is 0. The molecule has 0 bridgehead atoms. The molecule has 0 radical (unpaired) electrons. The van der Waals surface area contributed by atoms with Crippen LogP contribution in [0.1, 0.15) is 6.92 Å². The van der Waals surface area contributed by atoms with Crippen molar-refractivity contribution in [2.24, 2.45) is 0 Å². The first-order valence-corrected chi connectivity index (χ1v) is 9.51. The minimum atomic E-state index is -3.83. The minimum Gasteiger partial charge on any atom is -0.494 e. The molecule has 6 nitrogen and oxygen atoms in total. The number of benzene rings is 2. The van der Waals surface area contributed by atoms with Crippen molar-refractivity contribution in [3.8, 4) is 5.75 Å². The summed E-state index contributed by atoms with van der Waals surface area (Å²) in [6.07, 6.45) is 0.928. The SMILES string of the molecule is CCOc1cccc(N(CC(=O)Nc2c(F)cccc2F)S(C)(=O)=O)c1. The summed E-state index contributed by atoms with van der Waals surface area (Å²) in [5, 5.41) is 2.06. The van der Waals surface area contributed by atoms with Gasteiger partial charge in [0.15, 0.2) is 0 Å². The van der Waals surface area contributed by atoms with E-state index in [0.717, 1.165) is 28.8 Å². The number of nitrogens with zero attached hydrogens (tertiary/aromatic N) is 1. The van der Waals surface area contributed by atoms with E-state index in [9.17, 15) is 22.0 Å². The lowest BCUT2D eigenvalue weighted by molar-refractivity contribution is -0.114. The smallest absolute Gasteiger partial charge is 0.245 e. The number of halogens is 2. The fourth-order valence-corrected chi connectivity index (χ4v) is 3.07. The standard InChI is InChI=1S/C17H18F2N2O4S/c1-3-25-13-7-4-6-12(10-13)21(26(2,23)24)11-16(22)20-17-14(18)8-5-9-15(17)19/h4-10H,3,11H2,1-2H3,(H,20,22). The van der Waals surface area contributed by atoms with Crippen molar-refractivity contribution in [2.45, 2.75) is 6.92 Å². The van der Waals surface area contributed by atoms with Gasteiger partial charge in [-0.25, -0.2) is 17.2 Å². The molecule has 0 heterocycles. The molecule has 26 heavy (non-hydrogen) atoms. The van der Waals surface area contributed by atoms with Gasteiger partial charge in [-0.3, -0.25) is 9.10 Å². The zero-order valence-electron chi connectivity index (χ0n) is 14.2. The molecule has 9 heteroatoms. The summed E-state index contributed by atoms with van der Waals surface area (Å²) in [5.41, 5.74) is -0.434. The Morgan fingerprint density at radius 2 is 1.77 bits per heavy atom. The van der Waals surface area contributed by atoms with Gasteiger partial charge in [0, 0.05) is 6.07 Å². The number of hydrogen-bond acceptors (Lipinski definition) is 4. The predicted molar refractivity (Wildman–Crippen MR) is 94.8 cm³/mol. The Hall–Kier alpha value is -2.68. The third kappa shape index (κ3) is 4.92. The van der Waals surface area contributed by atoms with E-state index < -0.39 is 39.8 Å². The van der Waals surface area contributed by atoms with Crippen LogP contribution in [0, 0.1) is 11.6 Å². The van der Waals surface area contributed by atoms with Gasteiger partial charge in [0.1, 0.15) is 29.6 Å². The Morgan fingerprint density at radius 1 is 1.15 bits per heavy atom. The molecule has 0 aliphatic rings. The van der Waals surface area contributed by atoms with Crippen LogP contribution in [0.15, 0.2) is 42.5 Å². The highest BCUT2D eigenvalue weighted by Crippen LogP contribution is 2.24. The maximum absolute atomic E-state index is 13.6. The topological polar surface area (TPSA) is 75.7 Å². The molecule has 0 saturated heterocycles. The van der Waals surface area contributed by atoms with Gasteiger partial charge in [-0.1, -0.05) is 12.1 Å². The first-order valence-electron chi connectivity index (χ1n) is 7.66. The lowest BCUT2D eigenvalue weighted by Crippen LogP contribution is -2.37. The van der Waals surface area contributed by atoms with Crippen molar-refractivity contribution in [1.82, 2.24) is 0 Å². The first-order chi connectivity index (χ1) is 12.2. The highest BCUT2D eigenvalue weighted by atomic mass is 32.2. The zero-order valence-corrected chi connectivity index (χ0v) is 15.0. The van der Waals surface area contributed by atoms with Crippen molar-refractivity contribution in [2.75, 3.05) is 29.0 Å². The average Bonchev–Trinajstić information content (AvgIpc) is 2.56. The van der Waals surface area contributed by atoms with E-state index in [2.05, 4.69) is 5.32 Å². The van der Waals surface area contributed by atoms with E-state index in [1.807, 2.05) is 0 Å². The van der Waals surface area contributed by atoms with Gasteiger partial charge < -0.3 is 10.1 Å². The van der Waals surface area contributed by atoms with Crippen LogP contribution in [0.5, 0.6) is 5.75 Å². The molecule has 2 aromatic rings. The molecule has 2 rings (SSSR count). The molecular weight excluding hydrogens is 366 g/mol. The molecule has 0 atom stereocenters. The number of amides is 1. The zero-order chi connectivity index (χ0) is 19.3. The van der Waals surface area contributed by atoms with Gasteiger partial charge in [0.2, 0.25) is 15.9 Å².